The van der Waals surface area contributed by atoms with Crippen molar-refractivity contribution in [3.05, 3.63) is 41.9 Å². The van der Waals surface area contributed by atoms with Gasteiger partial charge in [0.1, 0.15) is 11.5 Å². The van der Waals surface area contributed by atoms with Crippen molar-refractivity contribution >= 4 is 39.3 Å². The molecule has 2 N–H and O–H groups in total. The molecular formula is C20H23N3O5S2. The molecule has 10 heteroatoms. The van der Waals surface area contributed by atoms with Crippen LogP contribution in [0.2, 0.25) is 0 Å². The van der Waals surface area contributed by atoms with Crippen LogP contribution in [0.1, 0.15) is 24.4 Å². The Morgan fingerprint density at radius 3 is 2.73 bits per heavy atom. The number of benzene rings is 1. The van der Waals surface area contributed by atoms with Crippen molar-refractivity contribution in [3.8, 4) is 0 Å². The predicted molar refractivity (Wildman–Crippen MR) is 113 cm³/mol. The summed E-state index contributed by atoms with van der Waals surface area (Å²) in [6, 6.07) is 8.48. The number of hydrogen-bond acceptors (Lipinski definition) is 6. The molecule has 2 aliphatic heterocycles. The Hall–Kier alpha value is -2.30. The van der Waals surface area contributed by atoms with E-state index in [2.05, 4.69) is 10.6 Å². The Balaban J connectivity index is 1.36. The molecule has 8 nitrogen and oxygen atoms in total. The zero-order valence-corrected chi connectivity index (χ0v) is 18.1. The Kier molecular flexibility index (Phi) is 5.90. The molecule has 0 spiro atoms. The van der Waals surface area contributed by atoms with Crippen LogP contribution < -0.4 is 10.6 Å². The number of furan rings is 1. The third kappa shape index (κ3) is 4.40. The molecule has 160 valence electrons. The summed E-state index contributed by atoms with van der Waals surface area (Å²) in [7, 11) is -3.69. The highest BCUT2D eigenvalue weighted by Crippen LogP contribution is 2.34. The maximum Gasteiger partial charge on any atom is 0.243 e. The fraction of sp³-hybridized carbons (Fsp3) is 0.400. The predicted octanol–water partition coefficient (Wildman–Crippen LogP) is 2.35. The molecular weight excluding hydrogens is 426 g/mol. The fourth-order valence-corrected chi connectivity index (χ4v) is 5.91. The maximum absolute atomic E-state index is 13.0. The molecule has 0 bridgehead atoms. The van der Waals surface area contributed by atoms with Gasteiger partial charge in [-0.15, -0.1) is 11.8 Å². The standard InChI is InChI=1S/C20H23N3O5S2/c1-13-2-3-15(28-13)11-21-20(25)14-6-8-23(9-7-14)30(26,27)16-4-5-18-17(10-16)22-19(24)12-29-18/h2-5,10,14H,6-9,11-12H2,1H3,(H,21,25)(H,22,24). The first kappa shape index (κ1) is 21.0. The average molecular weight is 450 g/mol. The Morgan fingerprint density at radius 1 is 1.27 bits per heavy atom. The molecule has 2 aromatic rings. The summed E-state index contributed by atoms with van der Waals surface area (Å²) in [4.78, 5) is 25.0. The Morgan fingerprint density at radius 2 is 2.03 bits per heavy atom. The minimum atomic E-state index is -3.69. The number of anilines is 1. The minimum Gasteiger partial charge on any atom is -0.465 e. The third-order valence-electron chi connectivity index (χ3n) is 5.28. The minimum absolute atomic E-state index is 0.0883. The van der Waals surface area contributed by atoms with Crippen LogP contribution in [0.15, 0.2) is 44.5 Å². The van der Waals surface area contributed by atoms with Crippen LogP contribution in [0.5, 0.6) is 0 Å². The van der Waals surface area contributed by atoms with E-state index in [1.54, 1.807) is 12.1 Å². The van der Waals surface area contributed by atoms with E-state index in [1.165, 1.54) is 22.1 Å². The summed E-state index contributed by atoms with van der Waals surface area (Å²) < 4.78 is 32.9. The van der Waals surface area contributed by atoms with Gasteiger partial charge in [0.2, 0.25) is 21.8 Å². The van der Waals surface area contributed by atoms with E-state index in [0.29, 0.717) is 36.6 Å². The van der Waals surface area contributed by atoms with Crippen molar-refractivity contribution in [2.24, 2.45) is 5.92 Å². The van der Waals surface area contributed by atoms with Crippen molar-refractivity contribution in [1.82, 2.24) is 9.62 Å². The van der Waals surface area contributed by atoms with Gasteiger partial charge in [-0.05, 0) is 50.1 Å². The van der Waals surface area contributed by atoms with Crippen LogP contribution in [0.3, 0.4) is 0 Å². The van der Waals surface area contributed by atoms with Crippen molar-refractivity contribution < 1.29 is 22.4 Å². The van der Waals surface area contributed by atoms with Gasteiger partial charge in [0.15, 0.2) is 0 Å². The topological polar surface area (TPSA) is 109 Å². The number of carbonyl (C=O) groups excluding carboxylic acids is 2. The third-order valence-corrected chi connectivity index (χ3v) is 8.25. The molecule has 30 heavy (non-hydrogen) atoms. The maximum atomic E-state index is 13.0. The first-order chi connectivity index (χ1) is 14.3. The first-order valence-electron chi connectivity index (χ1n) is 9.73. The fourth-order valence-electron chi connectivity index (χ4n) is 3.63. The van der Waals surface area contributed by atoms with E-state index in [1.807, 2.05) is 19.1 Å². The van der Waals surface area contributed by atoms with E-state index < -0.39 is 10.0 Å². The van der Waals surface area contributed by atoms with Crippen LogP contribution in [0.25, 0.3) is 0 Å². The summed E-state index contributed by atoms with van der Waals surface area (Å²) in [5.41, 5.74) is 0.528. The zero-order valence-electron chi connectivity index (χ0n) is 16.5. The first-order valence-corrected chi connectivity index (χ1v) is 12.2. The van der Waals surface area contributed by atoms with Gasteiger partial charge >= 0.3 is 0 Å². The largest absolute Gasteiger partial charge is 0.465 e. The highest BCUT2D eigenvalue weighted by Gasteiger charge is 2.32. The van der Waals surface area contributed by atoms with Gasteiger partial charge in [-0.1, -0.05) is 0 Å². The Labute approximate surface area is 179 Å². The van der Waals surface area contributed by atoms with Crippen molar-refractivity contribution in [2.45, 2.75) is 36.1 Å². The molecule has 0 radical (unpaired) electrons. The monoisotopic (exact) mass is 449 g/mol. The van der Waals surface area contributed by atoms with Gasteiger partial charge in [0, 0.05) is 23.9 Å². The number of carbonyl (C=O) groups is 2. The number of fused-ring (bicyclic) bond motifs is 1. The van der Waals surface area contributed by atoms with Gasteiger partial charge < -0.3 is 15.1 Å². The van der Waals surface area contributed by atoms with Gasteiger partial charge in [0.05, 0.1) is 22.9 Å². The van der Waals surface area contributed by atoms with Crippen LogP contribution in [0.4, 0.5) is 5.69 Å². The van der Waals surface area contributed by atoms with Crippen molar-refractivity contribution in [2.75, 3.05) is 24.2 Å². The number of amides is 2. The lowest BCUT2D eigenvalue weighted by Gasteiger charge is -2.30. The summed E-state index contributed by atoms with van der Waals surface area (Å²) in [6.07, 6.45) is 0.916. The average Bonchev–Trinajstić information content (AvgIpc) is 3.16. The van der Waals surface area contributed by atoms with Crippen molar-refractivity contribution in [1.29, 1.82) is 0 Å². The van der Waals surface area contributed by atoms with Crippen LogP contribution in [-0.4, -0.2) is 43.4 Å². The summed E-state index contributed by atoms with van der Waals surface area (Å²) in [6.45, 7) is 2.72. The molecule has 0 unspecified atom stereocenters. The quantitative estimate of drug-likeness (QED) is 0.725. The lowest BCUT2D eigenvalue weighted by atomic mass is 9.97. The Bertz CT molecular complexity index is 1070. The lowest BCUT2D eigenvalue weighted by Crippen LogP contribution is -2.42. The molecule has 0 saturated carbocycles. The van der Waals surface area contributed by atoms with Crippen molar-refractivity contribution in [3.63, 3.8) is 0 Å². The van der Waals surface area contributed by atoms with E-state index in [4.69, 9.17) is 4.42 Å². The van der Waals surface area contributed by atoms with Crippen LogP contribution >= 0.6 is 11.8 Å². The summed E-state index contributed by atoms with van der Waals surface area (Å²) in [5, 5.41) is 5.59. The number of nitrogens with one attached hydrogen (secondary N) is 2. The molecule has 1 aromatic carbocycles. The normalized spacial score (nSPS) is 18.0. The smallest absolute Gasteiger partial charge is 0.243 e. The highest BCUT2D eigenvalue weighted by atomic mass is 32.2. The summed E-state index contributed by atoms with van der Waals surface area (Å²) in [5.74, 6) is 1.35. The number of thioether (sulfide) groups is 1. The summed E-state index contributed by atoms with van der Waals surface area (Å²) >= 11 is 1.39. The SMILES string of the molecule is Cc1ccc(CNC(=O)C2CCN(S(=O)(=O)c3ccc4c(c3)NC(=O)CS4)CC2)o1. The second kappa shape index (κ2) is 8.44. The van der Waals surface area contributed by atoms with Gasteiger partial charge in [-0.2, -0.15) is 4.31 Å². The number of aryl methyl sites for hydroxylation is 1. The number of rotatable bonds is 5. The molecule has 0 aliphatic carbocycles. The van der Waals surface area contributed by atoms with Crippen LogP contribution in [-0.2, 0) is 26.2 Å². The second-order valence-electron chi connectivity index (χ2n) is 7.40. The number of piperidine rings is 1. The zero-order chi connectivity index (χ0) is 21.3. The second-order valence-corrected chi connectivity index (χ2v) is 10.4. The number of sulfonamides is 1. The molecule has 1 aromatic heterocycles. The number of hydrogen-bond donors (Lipinski definition) is 2. The van der Waals surface area contributed by atoms with Crippen LogP contribution in [0, 0.1) is 12.8 Å². The molecule has 0 atom stereocenters. The van der Waals surface area contributed by atoms with Gasteiger partial charge in [-0.25, -0.2) is 8.42 Å². The molecule has 1 saturated heterocycles. The molecule has 4 rings (SSSR count). The number of nitrogens with zero attached hydrogens (tertiary/aromatic N) is 1. The highest BCUT2D eigenvalue weighted by molar-refractivity contribution is 8.00. The van der Waals surface area contributed by atoms with Gasteiger partial charge in [-0.3, -0.25) is 9.59 Å². The van der Waals surface area contributed by atoms with E-state index in [9.17, 15) is 18.0 Å². The molecule has 1 fully saturated rings. The van der Waals surface area contributed by atoms with E-state index in [-0.39, 0.29) is 35.7 Å². The van der Waals surface area contributed by atoms with Gasteiger partial charge in [0.25, 0.3) is 0 Å². The van der Waals surface area contributed by atoms with E-state index >= 15 is 0 Å². The molecule has 3 heterocycles. The molecule has 2 amide bonds. The molecule has 2 aliphatic rings. The van der Waals surface area contributed by atoms with E-state index in [0.717, 1.165) is 10.7 Å². The lowest BCUT2D eigenvalue weighted by molar-refractivity contribution is -0.126.